The van der Waals surface area contributed by atoms with Gasteiger partial charge in [-0.2, -0.15) is 0 Å². The van der Waals surface area contributed by atoms with Crippen LogP contribution in [0.3, 0.4) is 0 Å². The molecule has 0 aromatic rings. The van der Waals surface area contributed by atoms with Gasteiger partial charge in [-0.15, -0.1) is 0 Å². The normalized spacial score (nSPS) is 21.0. The Kier molecular flexibility index (Phi) is 1.55. The van der Waals surface area contributed by atoms with Crippen LogP contribution in [0.4, 0.5) is 0 Å². The van der Waals surface area contributed by atoms with Crippen LogP contribution in [0.1, 0.15) is 6.42 Å². The Hall–Kier alpha value is -1.02. The van der Waals surface area contributed by atoms with Crippen molar-refractivity contribution in [2.45, 2.75) is 6.42 Å². The number of nitrogens with two attached hydrogens (primary N) is 1. The number of allylic oxidation sites excluding steroid dienone is 6. The predicted molar refractivity (Wildman–Crippen MR) is 49.0 cm³/mol. The van der Waals surface area contributed by atoms with Crippen molar-refractivity contribution in [1.82, 2.24) is 0 Å². The van der Waals surface area contributed by atoms with Gasteiger partial charge < -0.3 is 5.64 Å². The molecule has 0 fully saturated rings. The lowest BCUT2D eigenvalue weighted by atomic mass is 9.64. The molecule has 0 saturated heterocycles. The molecule has 0 unspecified atom stereocenters. The molecule has 1 nitrogen and oxygen atoms in total. The Labute approximate surface area is 67.1 Å². The number of hydrogen-bond acceptors (Lipinski definition) is 1. The summed E-state index contributed by atoms with van der Waals surface area (Å²) in [5, 5.41) is 0. The van der Waals surface area contributed by atoms with Gasteiger partial charge in [-0.25, -0.2) is 0 Å². The Morgan fingerprint density at radius 2 is 1.64 bits per heavy atom. The fourth-order valence-electron chi connectivity index (χ4n) is 1.37. The van der Waals surface area contributed by atoms with Crippen LogP contribution < -0.4 is 5.64 Å². The first-order chi connectivity index (χ1) is 5.36. The van der Waals surface area contributed by atoms with Gasteiger partial charge in [0, 0.05) is 0 Å². The summed E-state index contributed by atoms with van der Waals surface area (Å²) >= 11 is 0. The van der Waals surface area contributed by atoms with E-state index in [1.54, 1.807) is 0 Å². The molecule has 0 radical (unpaired) electrons. The summed E-state index contributed by atoms with van der Waals surface area (Å²) in [7, 11) is 0. The minimum Gasteiger partial charge on any atom is -0.363 e. The molecule has 0 aromatic heterocycles. The Morgan fingerprint density at radius 3 is 2.18 bits per heavy atom. The maximum atomic E-state index is 5.71. The average Bonchev–Trinajstić information content (AvgIpc) is 2.38. The van der Waals surface area contributed by atoms with Crippen LogP contribution in [0.25, 0.3) is 0 Å². The van der Waals surface area contributed by atoms with Crippen molar-refractivity contribution in [2.75, 3.05) is 0 Å². The van der Waals surface area contributed by atoms with Crippen molar-refractivity contribution in [3.05, 3.63) is 47.4 Å². The van der Waals surface area contributed by atoms with Gasteiger partial charge in [0.2, 0.25) is 0 Å². The van der Waals surface area contributed by atoms with Gasteiger partial charge in [-0.1, -0.05) is 36.3 Å². The maximum Gasteiger partial charge on any atom is 0.271 e. The molecule has 2 heteroatoms. The lowest BCUT2D eigenvalue weighted by Gasteiger charge is -1.92. The van der Waals surface area contributed by atoms with Gasteiger partial charge in [0.25, 0.3) is 6.85 Å². The fraction of sp³-hybridized carbons (Fsp3) is 0.111. The highest BCUT2D eigenvalue weighted by Gasteiger charge is 2.08. The molecular formula is C9H10BN. The molecule has 0 aromatic carbocycles. The number of rotatable bonds is 0. The summed E-state index contributed by atoms with van der Waals surface area (Å²) in [4.78, 5) is 0. The third kappa shape index (κ3) is 1.22. The zero-order valence-corrected chi connectivity index (χ0v) is 6.33. The zero-order chi connectivity index (χ0) is 7.68. The van der Waals surface area contributed by atoms with Gasteiger partial charge in [0.1, 0.15) is 0 Å². The average molecular weight is 143 g/mol. The third-order valence-electron chi connectivity index (χ3n) is 2.00. The highest BCUT2D eigenvalue weighted by molar-refractivity contribution is 6.66. The minimum absolute atomic E-state index is 0.0856. The van der Waals surface area contributed by atoms with Gasteiger partial charge in [-0.3, -0.25) is 0 Å². The SMILES string of the molecule is NB1C=CC2=CCC=C2C=C1. The van der Waals surface area contributed by atoms with Crippen LogP contribution in [0.5, 0.6) is 0 Å². The fourth-order valence-corrected chi connectivity index (χ4v) is 1.37. The van der Waals surface area contributed by atoms with Crippen molar-refractivity contribution in [3.8, 4) is 0 Å². The number of hydrogen-bond donors (Lipinski definition) is 1. The summed E-state index contributed by atoms with van der Waals surface area (Å²) < 4.78 is 0. The smallest absolute Gasteiger partial charge is 0.271 e. The third-order valence-corrected chi connectivity index (χ3v) is 2.00. The molecule has 0 spiro atoms. The molecule has 0 bridgehead atoms. The summed E-state index contributed by atoms with van der Waals surface area (Å²) in [6.07, 6.45) is 9.70. The van der Waals surface area contributed by atoms with Crippen molar-refractivity contribution in [1.29, 1.82) is 0 Å². The molecule has 2 N–H and O–H groups in total. The van der Waals surface area contributed by atoms with Gasteiger partial charge in [0.05, 0.1) is 0 Å². The van der Waals surface area contributed by atoms with Crippen LogP contribution in [-0.4, -0.2) is 6.85 Å². The van der Waals surface area contributed by atoms with Crippen LogP contribution in [0, 0.1) is 0 Å². The van der Waals surface area contributed by atoms with Crippen molar-refractivity contribution >= 4 is 6.85 Å². The highest BCUT2D eigenvalue weighted by atomic mass is 14.4. The van der Waals surface area contributed by atoms with E-state index in [9.17, 15) is 0 Å². The first-order valence-electron chi connectivity index (χ1n) is 3.89. The Balaban J connectivity index is 2.38. The van der Waals surface area contributed by atoms with E-state index in [4.69, 9.17) is 5.64 Å². The van der Waals surface area contributed by atoms with Gasteiger partial charge in [-0.05, 0) is 17.6 Å². The van der Waals surface area contributed by atoms with Crippen LogP contribution >= 0.6 is 0 Å². The molecule has 2 aliphatic rings. The first kappa shape index (κ1) is 6.68. The minimum atomic E-state index is 0.0856. The Morgan fingerprint density at radius 1 is 1.09 bits per heavy atom. The molecule has 0 atom stereocenters. The van der Waals surface area contributed by atoms with Gasteiger partial charge in [0.15, 0.2) is 0 Å². The lowest BCUT2D eigenvalue weighted by Crippen LogP contribution is -2.19. The van der Waals surface area contributed by atoms with E-state index in [0.29, 0.717) is 0 Å². The standard InChI is InChI=1S/C9H10BN/c11-10-6-4-8-2-1-3-9(8)5-7-10/h2-7H,1,11H2. The summed E-state index contributed by atoms with van der Waals surface area (Å²) in [6.45, 7) is 0.0856. The molecule has 0 amide bonds. The van der Waals surface area contributed by atoms with E-state index < -0.39 is 0 Å². The zero-order valence-electron chi connectivity index (χ0n) is 6.33. The molecular weight excluding hydrogens is 133 g/mol. The molecule has 2 rings (SSSR count). The number of fused-ring (bicyclic) bond motifs is 1. The second-order valence-corrected chi connectivity index (χ2v) is 2.85. The predicted octanol–water partition coefficient (Wildman–Crippen LogP) is 1.40. The second kappa shape index (κ2) is 2.55. The summed E-state index contributed by atoms with van der Waals surface area (Å²) in [5.41, 5.74) is 8.34. The molecule has 1 heterocycles. The van der Waals surface area contributed by atoms with Crippen LogP contribution in [0.15, 0.2) is 47.4 Å². The Bertz CT molecular complexity index is 256. The van der Waals surface area contributed by atoms with E-state index in [1.807, 2.05) is 12.0 Å². The topological polar surface area (TPSA) is 26.0 Å². The molecule has 1 aliphatic heterocycles. The van der Waals surface area contributed by atoms with Crippen LogP contribution in [-0.2, 0) is 0 Å². The highest BCUT2D eigenvalue weighted by Crippen LogP contribution is 2.22. The van der Waals surface area contributed by atoms with Crippen molar-refractivity contribution < 1.29 is 0 Å². The second-order valence-electron chi connectivity index (χ2n) is 2.85. The van der Waals surface area contributed by atoms with Crippen LogP contribution in [0.2, 0.25) is 0 Å². The largest absolute Gasteiger partial charge is 0.363 e. The lowest BCUT2D eigenvalue weighted by molar-refractivity contribution is 1.44. The van der Waals surface area contributed by atoms with E-state index in [-0.39, 0.29) is 6.85 Å². The summed E-state index contributed by atoms with van der Waals surface area (Å²) in [5.74, 6) is 4.04. The molecule has 11 heavy (non-hydrogen) atoms. The van der Waals surface area contributed by atoms with E-state index in [0.717, 1.165) is 6.42 Å². The van der Waals surface area contributed by atoms with E-state index in [1.165, 1.54) is 11.1 Å². The summed E-state index contributed by atoms with van der Waals surface area (Å²) in [6, 6.07) is 0. The van der Waals surface area contributed by atoms with Crippen molar-refractivity contribution in [3.63, 3.8) is 0 Å². The monoisotopic (exact) mass is 143 g/mol. The van der Waals surface area contributed by atoms with E-state index >= 15 is 0 Å². The van der Waals surface area contributed by atoms with E-state index in [2.05, 4.69) is 24.3 Å². The molecule has 0 saturated carbocycles. The molecule has 1 aliphatic carbocycles. The molecule has 54 valence electrons. The van der Waals surface area contributed by atoms with Gasteiger partial charge >= 0.3 is 0 Å². The van der Waals surface area contributed by atoms with Crippen molar-refractivity contribution in [2.24, 2.45) is 5.64 Å². The quantitative estimate of drug-likeness (QED) is 0.509. The maximum absolute atomic E-state index is 5.71. The first-order valence-corrected chi connectivity index (χ1v) is 3.89.